The Balaban J connectivity index is 1.37. The largest absolute Gasteiger partial charge is 0.383 e. The zero-order chi connectivity index (χ0) is 25.4. The molecule has 190 valence electrons. The number of benzene rings is 1. The molecule has 1 aromatic carbocycles. The van der Waals surface area contributed by atoms with Crippen LogP contribution in [0, 0.1) is 5.92 Å². The molecule has 2 fully saturated rings. The third-order valence-corrected chi connectivity index (χ3v) is 7.59. The van der Waals surface area contributed by atoms with Crippen LogP contribution in [0.25, 0.3) is 10.9 Å². The van der Waals surface area contributed by atoms with Crippen LogP contribution in [0.4, 0.5) is 11.5 Å². The number of nitrogens with two attached hydrogens (primary N) is 1. The minimum Gasteiger partial charge on any atom is -0.383 e. The van der Waals surface area contributed by atoms with Gasteiger partial charge >= 0.3 is 11.8 Å². The first-order valence-electron chi connectivity index (χ1n) is 12.9. The fourth-order valence-corrected chi connectivity index (χ4v) is 5.49. The lowest BCUT2D eigenvalue weighted by atomic mass is 9.89. The second kappa shape index (κ2) is 9.89. The minimum absolute atomic E-state index is 0.164. The smallest absolute Gasteiger partial charge is 0.313 e. The van der Waals surface area contributed by atoms with Crippen molar-refractivity contribution >= 4 is 34.2 Å². The summed E-state index contributed by atoms with van der Waals surface area (Å²) in [5.74, 6) is -0.422. The number of piperidine rings is 1. The summed E-state index contributed by atoms with van der Waals surface area (Å²) in [5, 5.41) is 8.69. The zero-order valence-corrected chi connectivity index (χ0v) is 21.3. The van der Waals surface area contributed by atoms with E-state index < -0.39 is 11.8 Å². The number of likely N-dealkylation sites (N-methyl/N-ethyl adjacent to an activating group) is 1. The molecule has 3 aromatic rings. The molecule has 0 bridgehead atoms. The van der Waals surface area contributed by atoms with Gasteiger partial charge in [-0.05, 0) is 68.5 Å². The van der Waals surface area contributed by atoms with Gasteiger partial charge in [-0.1, -0.05) is 26.0 Å². The number of hydrogen-bond acceptors (Lipinski definition) is 6. The molecule has 2 aliphatic rings. The van der Waals surface area contributed by atoms with Crippen molar-refractivity contribution in [1.29, 1.82) is 0 Å². The Morgan fingerprint density at radius 3 is 2.75 bits per heavy atom. The molecule has 0 unspecified atom stereocenters. The van der Waals surface area contributed by atoms with Gasteiger partial charge in [0.05, 0.1) is 29.5 Å². The molecule has 2 aromatic heterocycles. The van der Waals surface area contributed by atoms with Gasteiger partial charge in [-0.15, -0.1) is 0 Å². The maximum atomic E-state index is 13.4. The Hall–Kier alpha value is -3.46. The predicted octanol–water partition coefficient (Wildman–Crippen LogP) is 3.39. The van der Waals surface area contributed by atoms with Gasteiger partial charge in [0.2, 0.25) is 0 Å². The first-order valence-corrected chi connectivity index (χ1v) is 12.9. The van der Waals surface area contributed by atoms with E-state index in [0.29, 0.717) is 36.4 Å². The van der Waals surface area contributed by atoms with Gasteiger partial charge in [0.1, 0.15) is 5.82 Å². The van der Waals surface area contributed by atoms with Crippen LogP contribution in [0.5, 0.6) is 0 Å². The average Bonchev–Trinajstić information content (AvgIpc) is 3.50. The van der Waals surface area contributed by atoms with Crippen molar-refractivity contribution in [3.05, 3.63) is 47.8 Å². The normalized spacial score (nSPS) is 22.8. The van der Waals surface area contributed by atoms with Gasteiger partial charge in [-0.2, -0.15) is 5.10 Å². The molecule has 0 radical (unpaired) electrons. The maximum Gasteiger partial charge on any atom is 0.313 e. The molecule has 0 aliphatic carbocycles. The first-order chi connectivity index (χ1) is 17.3. The summed E-state index contributed by atoms with van der Waals surface area (Å²) < 4.78 is 2.09. The molecule has 0 spiro atoms. The molecule has 3 N–H and O–H groups in total. The average molecular weight is 490 g/mol. The Morgan fingerprint density at radius 2 is 2.00 bits per heavy atom. The summed E-state index contributed by atoms with van der Waals surface area (Å²) in [6.45, 7) is 6.71. The number of carbonyl (C=O) groups is 2. The van der Waals surface area contributed by atoms with Crippen molar-refractivity contribution in [3.8, 4) is 0 Å². The molecule has 0 saturated carbocycles. The molecule has 9 nitrogen and oxygen atoms in total. The van der Waals surface area contributed by atoms with E-state index >= 15 is 0 Å². The highest BCUT2D eigenvalue weighted by Crippen LogP contribution is 2.35. The Bertz CT molecular complexity index is 1290. The molecule has 2 amide bonds. The maximum absolute atomic E-state index is 13.4. The lowest BCUT2D eigenvalue weighted by Gasteiger charge is -2.38. The summed E-state index contributed by atoms with van der Waals surface area (Å²) in [6, 6.07) is 8.24. The second-order valence-electron chi connectivity index (χ2n) is 10.4. The van der Waals surface area contributed by atoms with Crippen LogP contribution in [0.3, 0.4) is 0 Å². The summed E-state index contributed by atoms with van der Waals surface area (Å²) in [6.07, 6.45) is 7.20. The lowest BCUT2D eigenvalue weighted by Crippen LogP contribution is -2.46. The van der Waals surface area contributed by atoms with Crippen molar-refractivity contribution in [3.63, 3.8) is 0 Å². The molecule has 4 heterocycles. The number of rotatable bonds is 4. The fourth-order valence-electron chi connectivity index (χ4n) is 5.49. The lowest BCUT2D eigenvalue weighted by molar-refractivity contribution is -0.146. The number of nitrogen functional groups attached to an aromatic ring is 1. The van der Waals surface area contributed by atoms with Crippen molar-refractivity contribution in [2.24, 2.45) is 5.92 Å². The first kappa shape index (κ1) is 24.2. The Kier molecular flexibility index (Phi) is 6.66. The minimum atomic E-state index is -0.654. The molecule has 36 heavy (non-hydrogen) atoms. The fraction of sp³-hybridized carbons (Fsp3) is 0.481. The van der Waals surface area contributed by atoms with Crippen molar-refractivity contribution in [2.75, 3.05) is 37.7 Å². The summed E-state index contributed by atoms with van der Waals surface area (Å²) >= 11 is 0. The van der Waals surface area contributed by atoms with Crippen LogP contribution >= 0.6 is 0 Å². The van der Waals surface area contributed by atoms with E-state index in [1.165, 1.54) is 6.20 Å². The topological polar surface area (TPSA) is 109 Å². The number of amides is 2. The SMILES string of the molecule is CCc1cc(NC(=O)C(=O)N2C[C@@H](C)CC[C@@H]2c2ccc3cn([C@H]4CCN(C)C4)nc3c2)cnc1N. The van der Waals surface area contributed by atoms with Crippen molar-refractivity contribution in [2.45, 2.75) is 51.6 Å². The highest BCUT2D eigenvalue weighted by atomic mass is 16.2. The molecule has 9 heteroatoms. The van der Waals surface area contributed by atoms with Gasteiger partial charge in [0, 0.05) is 24.7 Å². The number of aromatic nitrogens is 3. The number of aryl methyl sites for hydroxylation is 1. The summed E-state index contributed by atoms with van der Waals surface area (Å²) in [4.78, 5) is 34.5. The molecule has 2 saturated heterocycles. The number of nitrogens with zero attached hydrogens (tertiary/aromatic N) is 5. The number of nitrogens with one attached hydrogen (secondary N) is 1. The van der Waals surface area contributed by atoms with E-state index in [4.69, 9.17) is 10.8 Å². The summed E-state index contributed by atoms with van der Waals surface area (Å²) in [7, 11) is 2.14. The van der Waals surface area contributed by atoms with E-state index in [1.807, 2.05) is 6.92 Å². The Morgan fingerprint density at radius 1 is 1.17 bits per heavy atom. The third kappa shape index (κ3) is 4.80. The van der Waals surface area contributed by atoms with Crippen LogP contribution in [-0.2, 0) is 16.0 Å². The van der Waals surface area contributed by atoms with Gasteiger partial charge in [-0.3, -0.25) is 14.3 Å². The molecular weight excluding hydrogens is 454 g/mol. The highest BCUT2D eigenvalue weighted by Gasteiger charge is 2.34. The van der Waals surface area contributed by atoms with E-state index in [-0.39, 0.29) is 6.04 Å². The molecule has 5 rings (SSSR count). The van der Waals surface area contributed by atoms with Crippen LogP contribution in [0.2, 0.25) is 0 Å². The predicted molar refractivity (Wildman–Crippen MR) is 140 cm³/mol. The zero-order valence-electron chi connectivity index (χ0n) is 21.3. The standard InChI is InChI=1S/C27H35N7O2/c1-4-18-11-21(13-29-25(18)28)30-26(35)27(36)33-14-17(2)5-8-24(33)19-6-7-20-15-34(31-23(20)12-19)22-9-10-32(3)16-22/h6-7,11-13,15,17,22,24H,4-5,8-10,14,16H2,1-3H3,(H2,28,29)(H,30,35)/t17-,22-,24+/m0/s1. The molecular formula is C27H35N7O2. The van der Waals surface area contributed by atoms with Crippen LogP contribution in [0.15, 0.2) is 36.7 Å². The van der Waals surface area contributed by atoms with E-state index in [1.54, 1.807) is 11.0 Å². The van der Waals surface area contributed by atoms with Crippen molar-refractivity contribution < 1.29 is 9.59 Å². The third-order valence-electron chi connectivity index (χ3n) is 7.59. The number of hydrogen-bond donors (Lipinski definition) is 2. The second-order valence-corrected chi connectivity index (χ2v) is 10.4. The molecule has 3 atom stereocenters. The number of carbonyl (C=O) groups excluding carboxylic acids is 2. The number of pyridine rings is 1. The van der Waals surface area contributed by atoms with Gasteiger partial charge in [-0.25, -0.2) is 4.98 Å². The number of likely N-dealkylation sites (tertiary alicyclic amines) is 2. The number of anilines is 2. The van der Waals surface area contributed by atoms with Gasteiger partial charge in [0.25, 0.3) is 0 Å². The van der Waals surface area contributed by atoms with Crippen LogP contribution in [-0.4, -0.2) is 63.1 Å². The van der Waals surface area contributed by atoms with Gasteiger partial charge < -0.3 is 20.9 Å². The summed E-state index contributed by atoms with van der Waals surface area (Å²) in [5.41, 5.74) is 9.14. The monoisotopic (exact) mass is 489 g/mol. The van der Waals surface area contributed by atoms with E-state index in [0.717, 1.165) is 54.4 Å². The van der Waals surface area contributed by atoms with E-state index in [9.17, 15) is 9.59 Å². The highest BCUT2D eigenvalue weighted by molar-refractivity contribution is 6.39. The number of fused-ring (bicyclic) bond motifs is 1. The quantitative estimate of drug-likeness (QED) is 0.544. The Labute approximate surface area is 211 Å². The van der Waals surface area contributed by atoms with Crippen LogP contribution in [0.1, 0.15) is 56.3 Å². The van der Waals surface area contributed by atoms with Gasteiger partial charge in [0.15, 0.2) is 0 Å². The van der Waals surface area contributed by atoms with Crippen molar-refractivity contribution in [1.82, 2.24) is 24.6 Å². The van der Waals surface area contributed by atoms with E-state index in [2.05, 4.69) is 58.2 Å². The van der Waals surface area contributed by atoms with Crippen LogP contribution < -0.4 is 11.1 Å². The molecule has 2 aliphatic heterocycles.